The number of hydrogen-bond acceptors (Lipinski definition) is 8. The Morgan fingerprint density at radius 2 is 2.00 bits per heavy atom. The third-order valence-electron chi connectivity index (χ3n) is 5.73. The lowest BCUT2D eigenvalue weighted by atomic mass is 9.96. The smallest absolute Gasteiger partial charge is 0.338 e. The Kier molecular flexibility index (Phi) is 6.48. The van der Waals surface area contributed by atoms with Crippen LogP contribution in [0.1, 0.15) is 31.0 Å². The number of thioether (sulfide) groups is 1. The second kappa shape index (κ2) is 9.56. The molecule has 2 aliphatic heterocycles. The van der Waals surface area contributed by atoms with Gasteiger partial charge in [0.1, 0.15) is 0 Å². The molecule has 7 nitrogen and oxygen atoms in total. The highest BCUT2D eigenvalue weighted by Crippen LogP contribution is 2.37. The predicted octanol–water partition coefficient (Wildman–Crippen LogP) is 3.90. The Labute approximate surface area is 214 Å². The van der Waals surface area contributed by atoms with E-state index in [1.54, 1.807) is 48.4 Å². The van der Waals surface area contributed by atoms with Crippen molar-refractivity contribution >= 4 is 46.7 Å². The van der Waals surface area contributed by atoms with Crippen LogP contribution in [-0.4, -0.2) is 30.2 Å². The summed E-state index contributed by atoms with van der Waals surface area (Å²) >= 11 is 9.31. The number of aromatic nitrogens is 1. The molecule has 0 N–H and O–H groups in total. The number of hydrogen-bond donors (Lipinski definition) is 0. The molecular weight excluding hydrogens is 508 g/mol. The SMILES string of the molecule is CCOC(=O)C1=C(C)N=c2s/c(=C/c3cc4c(cc3Cl)OCO4)c(=O)n2C1c1ccc(SC)cc1. The number of halogens is 1. The molecule has 3 aromatic rings. The van der Waals surface area contributed by atoms with Gasteiger partial charge in [-0.2, -0.15) is 0 Å². The van der Waals surface area contributed by atoms with Gasteiger partial charge in [-0.1, -0.05) is 35.1 Å². The van der Waals surface area contributed by atoms with E-state index in [2.05, 4.69) is 4.99 Å². The number of carbonyl (C=O) groups excluding carboxylic acids is 1. The summed E-state index contributed by atoms with van der Waals surface area (Å²) in [6.45, 7) is 3.87. The van der Waals surface area contributed by atoms with Crippen molar-refractivity contribution < 1.29 is 19.0 Å². The van der Waals surface area contributed by atoms with Crippen LogP contribution < -0.4 is 24.4 Å². The molecule has 1 atom stereocenters. The number of allylic oxidation sites excluding steroid dienone is 1. The van der Waals surface area contributed by atoms with Crippen molar-refractivity contribution in [1.82, 2.24) is 4.57 Å². The minimum absolute atomic E-state index is 0.128. The number of fused-ring (bicyclic) bond motifs is 2. The van der Waals surface area contributed by atoms with E-state index in [9.17, 15) is 9.59 Å². The van der Waals surface area contributed by atoms with Gasteiger partial charge in [0, 0.05) is 11.0 Å². The lowest BCUT2D eigenvalue weighted by molar-refractivity contribution is -0.139. The van der Waals surface area contributed by atoms with Crippen LogP contribution in [0, 0.1) is 0 Å². The molecule has 10 heteroatoms. The molecule has 0 spiro atoms. The van der Waals surface area contributed by atoms with Crippen LogP contribution in [-0.2, 0) is 9.53 Å². The summed E-state index contributed by atoms with van der Waals surface area (Å²) in [5.41, 5.74) is 2.04. The fourth-order valence-electron chi connectivity index (χ4n) is 4.08. The maximum atomic E-state index is 13.7. The van der Waals surface area contributed by atoms with Crippen LogP contribution in [0.2, 0.25) is 5.02 Å². The molecule has 0 aliphatic carbocycles. The summed E-state index contributed by atoms with van der Waals surface area (Å²) in [5, 5.41) is 0.438. The third-order valence-corrected chi connectivity index (χ3v) is 7.78. The summed E-state index contributed by atoms with van der Waals surface area (Å²) < 4.78 is 18.2. The summed E-state index contributed by atoms with van der Waals surface area (Å²) in [7, 11) is 0. The second-order valence-electron chi connectivity index (χ2n) is 7.80. The Hall–Kier alpha value is -3.01. The topological polar surface area (TPSA) is 79.1 Å². The van der Waals surface area contributed by atoms with Crippen LogP contribution in [0.5, 0.6) is 11.5 Å². The highest BCUT2D eigenvalue weighted by molar-refractivity contribution is 7.98. The van der Waals surface area contributed by atoms with E-state index in [-0.39, 0.29) is 19.0 Å². The highest BCUT2D eigenvalue weighted by Gasteiger charge is 2.33. The van der Waals surface area contributed by atoms with Crippen LogP contribution in [0.4, 0.5) is 0 Å². The monoisotopic (exact) mass is 528 g/mol. The zero-order chi connectivity index (χ0) is 24.7. The Bertz CT molecular complexity index is 1540. The molecule has 1 unspecified atom stereocenters. The number of benzene rings is 2. The van der Waals surface area contributed by atoms with Gasteiger partial charge in [-0.05, 0) is 55.5 Å². The first kappa shape index (κ1) is 23.7. The van der Waals surface area contributed by atoms with E-state index in [0.29, 0.717) is 42.7 Å². The molecule has 1 aromatic heterocycles. The van der Waals surface area contributed by atoms with Crippen LogP contribution in [0.25, 0.3) is 6.08 Å². The normalized spacial score (nSPS) is 16.8. The van der Waals surface area contributed by atoms with Crippen molar-refractivity contribution in [3.8, 4) is 11.5 Å². The van der Waals surface area contributed by atoms with E-state index < -0.39 is 12.0 Å². The number of carbonyl (C=O) groups is 1. The lowest BCUT2D eigenvalue weighted by Gasteiger charge is -2.24. The van der Waals surface area contributed by atoms with Crippen molar-refractivity contribution in [2.75, 3.05) is 19.7 Å². The van der Waals surface area contributed by atoms with E-state index in [1.165, 1.54) is 11.3 Å². The fourth-order valence-corrected chi connectivity index (χ4v) is 5.73. The fraction of sp³-hybridized carbons (Fsp3) is 0.240. The van der Waals surface area contributed by atoms with Gasteiger partial charge in [-0.15, -0.1) is 11.8 Å². The zero-order valence-electron chi connectivity index (χ0n) is 19.2. The van der Waals surface area contributed by atoms with Gasteiger partial charge in [0.25, 0.3) is 5.56 Å². The Balaban J connectivity index is 1.70. The second-order valence-corrected chi connectivity index (χ2v) is 10.1. The highest BCUT2D eigenvalue weighted by atomic mass is 35.5. The first-order valence-electron chi connectivity index (χ1n) is 10.8. The van der Waals surface area contributed by atoms with E-state index >= 15 is 0 Å². The average Bonchev–Trinajstić information content (AvgIpc) is 3.42. The molecule has 2 aromatic carbocycles. The lowest BCUT2D eigenvalue weighted by Crippen LogP contribution is -2.39. The van der Waals surface area contributed by atoms with Gasteiger partial charge < -0.3 is 14.2 Å². The number of ether oxygens (including phenoxy) is 3. The van der Waals surface area contributed by atoms with Gasteiger partial charge in [0.15, 0.2) is 16.3 Å². The largest absolute Gasteiger partial charge is 0.463 e. The Morgan fingerprint density at radius 3 is 2.69 bits per heavy atom. The average molecular weight is 529 g/mol. The molecule has 0 saturated carbocycles. The molecule has 0 saturated heterocycles. The van der Waals surface area contributed by atoms with Gasteiger partial charge >= 0.3 is 5.97 Å². The molecule has 180 valence electrons. The van der Waals surface area contributed by atoms with Gasteiger partial charge in [0.05, 0.1) is 33.5 Å². The van der Waals surface area contributed by atoms with Crippen molar-refractivity contribution in [3.63, 3.8) is 0 Å². The summed E-state index contributed by atoms with van der Waals surface area (Å²) in [6, 6.07) is 10.6. The van der Waals surface area contributed by atoms with Gasteiger partial charge in [0.2, 0.25) is 6.79 Å². The standard InChI is InChI=1S/C25H21ClN2O5S2/c1-4-31-24(30)21-13(2)27-25-28(22(21)14-5-7-16(34-3)8-6-14)23(29)20(35-25)10-15-9-18-19(11-17(15)26)33-12-32-18/h5-11,22H,4,12H2,1-3H3/b20-10+. The number of thiazole rings is 1. The molecule has 0 fully saturated rings. The van der Waals surface area contributed by atoms with Crippen molar-refractivity contribution in [1.29, 1.82) is 0 Å². The number of nitrogens with zero attached hydrogens (tertiary/aromatic N) is 2. The van der Waals surface area contributed by atoms with Gasteiger partial charge in [-0.25, -0.2) is 9.79 Å². The summed E-state index contributed by atoms with van der Waals surface area (Å²) in [4.78, 5) is 32.9. The van der Waals surface area contributed by atoms with Crippen LogP contribution >= 0.6 is 34.7 Å². The minimum atomic E-state index is -0.657. The maximum Gasteiger partial charge on any atom is 0.338 e. The Morgan fingerprint density at radius 1 is 1.29 bits per heavy atom. The van der Waals surface area contributed by atoms with E-state index in [1.807, 2.05) is 30.5 Å². The first-order valence-corrected chi connectivity index (χ1v) is 13.3. The number of rotatable bonds is 5. The molecule has 35 heavy (non-hydrogen) atoms. The van der Waals surface area contributed by atoms with Crippen LogP contribution in [0.3, 0.4) is 0 Å². The quantitative estimate of drug-likeness (QED) is 0.369. The maximum absolute atomic E-state index is 13.7. The molecule has 2 aliphatic rings. The van der Waals surface area contributed by atoms with Crippen molar-refractivity contribution in [2.45, 2.75) is 24.8 Å². The van der Waals surface area contributed by atoms with E-state index in [0.717, 1.165) is 10.5 Å². The van der Waals surface area contributed by atoms with Gasteiger partial charge in [-0.3, -0.25) is 9.36 Å². The predicted molar refractivity (Wildman–Crippen MR) is 136 cm³/mol. The molecule has 0 bridgehead atoms. The molecule has 0 amide bonds. The third kappa shape index (κ3) is 4.28. The molecule has 5 rings (SSSR count). The minimum Gasteiger partial charge on any atom is -0.463 e. The van der Waals surface area contributed by atoms with Crippen molar-refractivity contribution in [3.05, 3.63) is 83.5 Å². The first-order chi connectivity index (χ1) is 16.9. The summed E-state index contributed by atoms with van der Waals surface area (Å²) in [5.74, 6) is 0.651. The molecular formula is C25H21ClN2O5S2. The van der Waals surface area contributed by atoms with E-state index in [4.69, 9.17) is 25.8 Å². The number of esters is 1. The molecule has 0 radical (unpaired) electrons. The molecule has 3 heterocycles. The summed E-state index contributed by atoms with van der Waals surface area (Å²) in [6.07, 6.45) is 3.71. The van der Waals surface area contributed by atoms with Crippen molar-refractivity contribution in [2.24, 2.45) is 4.99 Å². The zero-order valence-corrected chi connectivity index (χ0v) is 21.6. The van der Waals surface area contributed by atoms with Crippen LogP contribution in [0.15, 0.2) is 62.4 Å².